The van der Waals surface area contributed by atoms with Crippen molar-refractivity contribution in [3.63, 3.8) is 0 Å². The van der Waals surface area contributed by atoms with Crippen LogP contribution in [0.5, 0.6) is 0 Å². The maximum absolute atomic E-state index is 11.6. The predicted molar refractivity (Wildman–Crippen MR) is 84.3 cm³/mol. The summed E-state index contributed by atoms with van der Waals surface area (Å²) in [6, 6.07) is 6.38. The van der Waals surface area contributed by atoms with Crippen LogP contribution in [0.25, 0.3) is 0 Å². The number of hydrogen-bond donors (Lipinski definition) is 2. The molecule has 0 saturated heterocycles. The molecule has 0 spiro atoms. The number of nitrogens with one attached hydrogen (secondary N) is 1. The Morgan fingerprint density at radius 1 is 1.36 bits per heavy atom. The number of thioether (sulfide) groups is 1. The fraction of sp³-hybridized carbons (Fsp3) is 0.154. The van der Waals surface area contributed by atoms with Crippen LogP contribution < -0.4 is 10.5 Å². The predicted octanol–water partition coefficient (Wildman–Crippen LogP) is 1.27. The number of anilines is 1. The molecule has 0 amide bonds. The summed E-state index contributed by atoms with van der Waals surface area (Å²) in [7, 11) is -3.81. The van der Waals surface area contributed by atoms with Crippen molar-refractivity contribution in [3.8, 4) is 0 Å². The van der Waals surface area contributed by atoms with Crippen LogP contribution in [-0.2, 0) is 16.6 Å². The molecule has 1 aromatic carbocycles. The molecule has 2 aromatic rings. The van der Waals surface area contributed by atoms with Gasteiger partial charge in [-0.3, -0.25) is 4.79 Å². The summed E-state index contributed by atoms with van der Waals surface area (Å²) >= 11 is 1.34. The number of rotatable bonds is 6. The second kappa shape index (κ2) is 6.86. The van der Waals surface area contributed by atoms with Crippen molar-refractivity contribution in [2.75, 3.05) is 11.6 Å². The van der Waals surface area contributed by atoms with E-state index < -0.39 is 10.0 Å². The van der Waals surface area contributed by atoms with Crippen molar-refractivity contribution < 1.29 is 13.2 Å². The third-order valence-electron chi connectivity index (χ3n) is 2.83. The SMILES string of the molecule is CSc1ncc(C=O)c(NCc2ccccc2S(N)(=O)=O)n1. The van der Waals surface area contributed by atoms with E-state index in [1.807, 2.05) is 6.26 Å². The molecule has 22 heavy (non-hydrogen) atoms. The first-order valence-corrected chi connectivity index (χ1v) is 8.93. The zero-order valence-electron chi connectivity index (χ0n) is 11.7. The van der Waals surface area contributed by atoms with Gasteiger partial charge in [0.25, 0.3) is 0 Å². The van der Waals surface area contributed by atoms with E-state index in [4.69, 9.17) is 5.14 Å². The van der Waals surface area contributed by atoms with Gasteiger partial charge in [-0.1, -0.05) is 30.0 Å². The number of carbonyl (C=O) groups excluding carboxylic acids is 1. The summed E-state index contributed by atoms with van der Waals surface area (Å²) in [5.41, 5.74) is 0.789. The van der Waals surface area contributed by atoms with Crippen molar-refractivity contribution in [1.82, 2.24) is 9.97 Å². The van der Waals surface area contributed by atoms with E-state index in [0.29, 0.717) is 28.4 Å². The van der Waals surface area contributed by atoms with E-state index in [-0.39, 0.29) is 11.4 Å². The maximum atomic E-state index is 11.6. The number of sulfonamides is 1. The summed E-state index contributed by atoms with van der Waals surface area (Å²) in [5, 5.41) is 8.65. The van der Waals surface area contributed by atoms with Crippen LogP contribution >= 0.6 is 11.8 Å². The molecule has 116 valence electrons. The Bertz CT molecular complexity index is 794. The van der Waals surface area contributed by atoms with E-state index in [9.17, 15) is 13.2 Å². The minimum atomic E-state index is -3.81. The minimum Gasteiger partial charge on any atom is -0.365 e. The lowest BCUT2D eigenvalue weighted by atomic mass is 10.2. The van der Waals surface area contributed by atoms with Gasteiger partial charge >= 0.3 is 0 Å². The number of aromatic nitrogens is 2. The van der Waals surface area contributed by atoms with E-state index >= 15 is 0 Å². The number of benzene rings is 1. The fourth-order valence-corrected chi connectivity index (χ4v) is 2.92. The Hall–Kier alpha value is -1.97. The van der Waals surface area contributed by atoms with E-state index in [1.54, 1.807) is 18.2 Å². The molecule has 0 aliphatic rings. The van der Waals surface area contributed by atoms with Gasteiger partial charge in [0.15, 0.2) is 11.4 Å². The molecular weight excluding hydrogens is 324 g/mol. The highest BCUT2D eigenvalue weighted by atomic mass is 32.2. The zero-order chi connectivity index (χ0) is 16.2. The van der Waals surface area contributed by atoms with E-state index in [0.717, 1.165) is 0 Å². The van der Waals surface area contributed by atoms with Gasteiger partial charge in [0.1, 0.15) is 5.82 Å². The van der Waals surface area contributed by atoms with Crippen molar-refractivity contribution in [2.24, 2.45) is 5.14 Å². The third kappa shape index (κ3) is 3.81. The van der Waals surface area contributed by atoms with Crippen LogP contribution in [0.4, 0.5) is 5.82 Å². The van der Waals surface area contributed by atoms with Gasteiger partial charge < -0.3 is 5.32 Å². The third-order valence-corrected chi connectivity index (χ3v) is 4.40. The van der Waals surface area contributed by atoms with Gasteiger partial charge in [0, 0.05) is 12.7 Å². The number of nitrogens with zero attached hydrogens (tertiary/aromatic N) is 2. The van der Waals surface area contributed by atoms with Crippen molar-refractivity contribution in [3.05, 3.63) is 41.6 Å². The molecule has 0 atom stereocenters. The van der Waals surface area contributed by atoms with Crippen LogP contribution in [0, 0.1) is 0 Å². The first-order valence-electron chi connectivity index (χ1n) is 6.16. The normalized spacial score (nSPS) is 11.2. The molecule has 3 N–H and O–H groups in total. The summed E-state index contributed by atoms with van der Waals surface area (Å²) in [4.78, 5) is 19.3. The Labute approximate surface area is 132 Å². The maximum Gasteiger partial charge on any atom is 0.238 e. The van der Waals surface area contributed by atoms with Crippen molar-refractivity contribution >= 4 is 33.9 Å². The second-order valence-corrected chi connectivity index (χ2v) is 6.59. The van der Waals surface area contributed by atoms with Crippen LogP contribution in [0.3, 0.4) is 0 Å². The molecule has 0 aliphatic heterocycles. The zero-order valence-corrected chi connectivity index (χ0v) is 13.3. The van der Waals surface area contributed by atoms with Crippen molar-refractivity contribution in [2.45, 2.75) is 16.6 Å². The highest BCUT2D eigenvalue weighted by molar-refractivity contribution is 7.98. The monoisotopic (exact) mass is 338 g/mol. The standard InChI is InChI=1S/C13H14N4O3S2/c1-21-13-16-7-10(8-18)12(17-13)15-6-9-4-2-3-5-11(9)22(14,19)20/h2-5,7-8H,6H2,1H3,(H2,14,19,20)(H,15,16,17). The molecular formula is C13H14N4O3S2. The molecule has 0 radical (unpaired) electrons. The number of hydrogen-bond acceptors (Lipinski definition) is 7. The summed E-state index contributed by atoms with van der Waals surface area (Å²) < 4.78 is 23.1. The van der Waals surface area contributed by atoms with Gasteiger partial charge in [0.2, 0.25) is 10.0 Å². The Morgan fingerprint density at radius 3 is 2.73 bits per heavy atom. The van der Waals surface area contributed by atoms with Crippen LogP contribution in [0.2, 0.25) is 0 Å². The highest BCUT2D eigenvalue weighted by Gasteiger charge is 2.14. The van der Waals surface area contributed by atoms with Crippen molar-refractivity contribution in [1.29, 1.82) is 0 Å². The smallest absolute Gasteiger partial charge is 0.238 e. The highest BCUT2D eigenvalue weighted by Crippen LogP contribution is 2.18. The lowest BCUT2D eigenvalue weighted by molar-refractivity contribution is 0.112. The molecule has 7 nitrogen and oxygen atoms in total. The van der Waals surface area contributed by atoms with Crippen LogP contribution in [0.1, 0.15) is 15.9 Å². The molecule has 9 heteroatoms. The average Bonchev–Trinajstić information content (AvgIpc) is 2.52. The molecule has 2 rings (SSSR count). The fourth-order valence-electron chi connectivity index (χ4n) is 1.81. The van der Waals surface area contributed by atoms with Gasteiger partial charge in [-0.2, -0.15) is 0 Å². The lowest BCUT2D eigenvalue weighted by Gasteiger charge is -2.11. The quantitative estimate of drug-likeness (QED) is 0.463. The topological polar surface area (TPSA) is 115 Å². The Morgan fingerprint density at radius 2 is 2.09 bits per heavy atom. The first-order chi connectivity index (χ1) is 10.5. The largest absolute Gasteiger partial charge is 0.365 e. The van der Waals surface area contributed by atoms with Gasteiger partial charge in [-0.15, -0.1) is 0 Å². The van der Waals surface area contributed by atoms with Gasteiger partial charge in [0.05, 0.1) is 10.5 Å². The summed E-state index contributed by atoms with van der Waals surface area (Å²) in [6.45, 7) is 0.165. The van der Waals surface area contributed by atoms with E-state index in [2.05, 4.69) is 15.3 Å². The van der Waals surface area contributed by atoms with Crippen LogP contribution in [0.15, 0.2) is 40.5 Å². The minimum absolute atomic E-state index is 0.0364. The number of nitrogens with two attached hydrogens (primary N) is 1. The Balaban J connectivity index is 2.30. The molecule has 0 aliphatic carbocycles. The lowest BCUT2D eigenvalue weighted by Crippen LogP contribution is -2.16. The molecule has 0 unspecified atom stereocenters. The van der Waals surface area contributed by atoms with Crippen LogP contribution in [-0.4, -0.2) is 30.9 Å². The second-order valence-electron chi connectivity index (χ2n) is 4.28. The number of aldehydes is 1. The summed E-state index contributed by atoms with van der Waals surface area (Å²) in [5.74, 6) is 0.346. The number of carbonyl (C=O) groups is 1. The summed E-state index contributed by atoms with van der Waals surface area (Å²) in [6.07, 6.45) is 3.87. The average molecular weight is 338 g/mol. The van der Waals surface area contributed by atoms with Gasteiger partial charge in [-0.05, 0) is 17.9 Å². The molecule has 0 saturated carbocycles. The first kappa shape index (κ1) is 16.4. The van der Waals surface area contributed by atoms with E-state index in [1.165, 1.54) is 24.0 Å². The van der Waals surface area contributed by atoms with Gasteiger partial charge in [-0.25, -0.2) is 23.5 Å². The molecule has 0 fully saturated rings. The molecule has 0 bridgehead atoms. The molecule has 1 heterocycles. The molecule has 1 aromatic heterocycles. The number of primary sulfonamides is 1. The Kier molecular flexibility index (Phi) is 5.11.